The Bertz CT molecular complexity index is 794. The average molecular weight is 409 g/mol. The highest BCUT2D eigenvalue weighted by Crippen LogP contribution is 2.45. The number of carbonyl (C=O) groups excluding carboxylic acids is 1. The molecule has 2 aromatic carbocycles. The van der Waals surface area contributed by atoms with Gasteiger partial charge in [0, 0.05) is 11.5 Å². The number of nitrogens with one attached hydrogen (secondary N) is 1. The van der Waals surface area contributed by atoms with E-state index in [9.17, 15) is 9.90 Å². The number of aromatic hydroxyl groups is 1. The predicted molar refractivity (Wildman–Crippen MR) is 108 cm³/mol. The predicted octanol–water partition coefficient (Wildman–Crippen LogP) is 4.05. The minimum atomic E-state index is -0.364. The van der Waals surface area contributed by atoms with Gasteiger partial charge in [-0.05, 0) is 41.5 Å². The van der Waals surface area contributed by atoms with Crippen molar-refractivity contribution < 1.29 is 14.6 Å². The fraction of sp³-hybridized carbons (Fsp3) is 0.222. The molecule has 1 saturated heterocycles. The number of hydrogen-bond donors (Lipinski definition) is 2. The lowest BCUT2D eigenvalue weighted by atomic mass is 10.2. The van der Waals surface area contributed by atoms with E-state index in [-0.39, 0.29) is 23.3 Å². The summed E-state index contributed by atoms with van der Waals surface area (Å²) in [5.41, 5.74) is 4.31. The minimum absolute atomic E-state index is 0.00242. The SMILES string of the molecule is O=C(COc1ccc(C2SCCS2)cc1)N/N=C\c1ccc(O)c(Cl)c1. The Morgan fingerprint density at radius 3 is 2.69 bits per heavy atom. The highest BCUT2D eigenvalue weighted by atomic mass is 35.5. The third-order valence-corrected chi connectivity index (χ3v) is 6.93. The zero-order valence-electron chi connectivity index (χ0n) is 13.7. The molecule has 0 radical (unpaired) electrons. The van der Waals surface area contributed by atoms with Gasteiger partial charge in [-0.15, -0.1) is 23.5 Å². The number of thioether (sulfide) groups is 2. The Hall–Kier alpha value is -1.83. The molecule has 1 aliphatic rings. The van der Waals surface area contributed by atoms with Crippen LogP contribution in [0.25, 0.3) is 0 Å². The number of ether oxygens (including phenoxy) is 1. The maximum absolute atomic E-state index is 11.8. The standard InChI is InChI=1S/C18H17ClN2O3S2/c19-15-9-12(1-6-16(15)22)10-20-21-17(23)11-24-14-4-2-13(3-5-14)18-25-7-8-26-18/h1-6,9-10,18,22H,7-8,11H2,(H,21,23)/b20-10-. The van der Waals surface area contributed by atoms with Crippen LogP contribution in [0.3, 0.4) is 0 Å². The van der Waals surface area contributed by atoms with E-state index in [1.54, 1.807) is 12.1 Å². The zero-order chi connectivity index (χ0) is 18.4. The van der Waals surface area contributed by atoms with Gasteiger partial charge in [-0.2, -0.15) is 5.10 Å². The number of phenolic OH excluding ortho intramolecular Hbond substituents is 1. The molecular weight excluding hydrogens is 392 g/mol. The molecule has 0 atom stereocenters. The van der Waals surface area contributed by atoms with Gasteiger partial charge in [0.05, 0.1) is 15.8 Å². The first-order valence-electron chi connectivity index (χ1n) is 7.88. The molecule has 3 rings (SSSR count). The molecule has 8 heteroatoms. The number of amides is 1. The number of hydrazone groups is 1. The number of hydrogen-bond acceptors (Lipinski definition) is 6. The van der Waals surface area contributed by atoms with Crippen LogP contribution in [0.4, 0.5) is 0 Å². The summed E-state index contributed by atoms with van der Waals surface area (Å²) in [6, 6.07) is 12.5. The quantitative estimate of drug-likeness (QED) is 0.557. The van der Waals surface area contributed by atoms with Crippen LogP contribution in [0.1, 0.15) is 15.7 Å². The van der Waals surface area contributed by atoms with Crippen LogP contribution in [0.15, 0.2) is 47.6 Å². The van der Waals surface area contributed by atoms with Crippen molar-refractivity contribution in [3.8, 4) is 11.5 Å². The first-order valence-corrected chi connectivity index (χ1v) is 10.4. The van der Waals surface area contributed by atoms with E-state index in [4.69, 9.17) is 16.3 Å². The van der Waals surface area contributed by atoms with E-state index in [0.717, 1.165) is 0 Å². The maximum Gasteiger partial charge on any atom is 0.277 e. The van der Waals surface area contributed by atoms with Gasteiger partial charge in [0.1, 0.15) is 11.5 Å². The van der Waals surface area contributed by atoms with Crippen molar-refractivity contribution in [1.82, 2.24) is 5.43 Å². The van der Waals surface area contributed by atoms with Crippen molar-refractivity contribution in [3.63, 3.8) is 0 Å². The van der Waals surface area contributed by atoms with Crippen molar-refractivity contribution in [1.29, 1.82) is 0 Å². The van der Waals surface area contributed by atoms with E-state index in [0.29, 0.717) is 15.9 Å². The fourth-order valence-electron chi connectivity index (χ4n) is 2.24. The molecule has 2 aromatic rings. The molecule has 0 bridgehead atoms. The molecule has 1 fully saturated rings. The van der Waals surface area contributed by atoms with Gasteiger partial charge in [-0.25, -0.2) is 5.43 Å². The third kappa shape index (κ3) is 5.33. The first-order chi connectivity index (χ1) is 12.6. The van der Waals surface area contributed by atoms with E-state index < -0.39 is 0 Å². The summed E-state index contributed by atoms with van der Waals surface area (Å²) >= 11 is 9.70. The lowest BCUT2D eigenvalue weighted by molar-refractivity contribution is -0.123. The van der Waals surface area contributed by atoms with Crippen molar-refractivity contribution in [3.05, 3.63) is 58.6 Å². The molecule has 1 heterocycles. The molecule has 1 aliphatic heterocycles. The maximum atomic E-state index is 11.8. The summed E-state index contributed by atoms with van der Waals surface area (Å²) in [6.07, 6.45) is 1.44. The second kappa shape index (κ2) is 9.21. The largest absolute Gasteiger partial charge is 0.506 e. The Labute approximate surface area is 165 Å². The summed E-state index contributed by atoms with van der Waals surface area (Å²) in [6.45, 7) is -0.125. The van der Waals surface area contributed by atoms with Gasteiger partial charge < -0.3 is 9.84 Å². The van der Waals surface area contributed by atoms with Gasteiger partial charge in [0.15, 0.2) is 6.61 Å². The highest BCUT2D eigenvalue weighted by Gasteiger charge is 2.17. The van der Waals surface area contributed by atoms with Crippen molar-refractivity contribution in [2.24, 2.45) is 5.10 Å². The Kier molecular flexibility index (Phi) is 6.71. The van der Waals surface area contributed by atoms with Crippen molar-refractivity contribution in [2.75, 3.05) is 18.1 Å². The smallest absolute Gasteiger partial charge is 0.277 e. The summed E-state index contributed by atoms with van der Waals surface area (Å²) in [5.74, 6) is 2.65. The molecule has 5 nitrogen and oxygen atoms in total. The second-order valence-electron chi connectivity index (χ2n) is 5.44. The molecule has 2 N–H and O–H groups in total. The molecule has 26 heavy (non-hydrogen) atoms. The Morgan fingerprint density at radius 1 is 1.27 bits per heavy atom. The zero-order valence-corrected chi connectivity index (χ0v) is 16.1. The summed E-state index contributed by atoms with van der Waals surface area (Å²) in [5, 5.41) is 13.4. The van der Waals surface area contributed by atoms with E-state index in [2.05, 4.69) is 10.5 Å². The van der Waals surface area contributed by atoms with Gasteiger partial charge in [-0.1, -0.05) is 23.7 Å². The molecule has 0 spiro atoms. The van der Waals surface area contributed by atoms with Crippen LogP contribution >= 0.6 is 35.1 Å². The molecule has 1 amide bonds. The van der Waals surface area contributed by atoms with Crippen LogP contribution in [0.2, 0.25) is 5.02 Å². The van der Waals surface area contributed by atoms with Gasteiger partial charge in [0.2, 0.25) is 0 Å². The highest BCUT2D eigenvalue weighted by molar-refractivity contribution is 8.19. The van der Waals surface area contributed by atoms with Crippen LogP contribution in [-0.2, 0) is 4.79 Å². The fourth-order valence-corrected chi connectivity index (χ4v) is 5.28. The van der Waals surface area contributed by atoms with Crippen LogP contribution in [-0.4, -0.2) is 35.3 Å². The average Bonchev–Trinajstić information content (AvgIpc) is 3.18. The monoisotopic (exact) mass is 408 g/mol. The number of benzene rings is 2. The molecule has 0 saturated carbocycles. The minimum Gasteiger partial charge on any atom is -0.506 e. The van der Waals surface area contributed by atoms with E-state index >= 15 is 0 Å². The number of halogens is 1. The van der Waals surface area contributed by atoms with Crippen LogP contribution < -0.4 is 10.2 Å². The van der Waals surface area contributed by atoms with Gasteiger partial charge >= 0.3 is 0 Å². The number of phenols is 1. The van der Waals surface area contributed by atoms with Gasteiger partial charge in [0.25, 0.3) is 5.91 Å². The summed E-state index contributed by atoms with van der Waals surface area (Å²) < 4.78 is 5.96. The molecular formula is C18H17ClN2O3S2. The second-order valence-corrected chi connectivity index (χ2v) is 8.57. The third-order valence-electron chi connectivity index (χ3n) is 3.52. The number of nitrogens with zero attached hydrogens (tertiary/aromatic N) is 1. The van der Waals surface area contributed by atoms with E-state index in [1.807, 2.05) is 47.8 Å². The molecule has 0 aliphatic carbocycles. The van der Waals surface area contributed by atoms with Gasteiger partial charge in [-0.3, -0.25) is 4.79 Å². The van der Waals surface area contributed by atoms with E-state index in [1.165, 1.54) is 29.4 Å². The molecule has 0 unspecified atom stereocenters. The number of carbonyl (C=O) groups is 1. The van der Waals surface area contributed by atoms with Crippen molar-refractivity contribution in [2.45, 2.75) is 4.58 Å². The number of rotatable bonds is 6. The Balaban J connectivity index is 1.44. The molecule has 0 aromatic heterocycles. The lowest BCUT2D eigenvalue weighted by Crippen LogP contribution is -2.24. The summed E-state index contributed by atoms with van der Waals surface area (Å²) in [4.78, 5) is 11.8. The first kappa shape index (κ1) is 18.9. The van der Waals surface area contributed by atoms with Crippen LogP contribution in [0, 0.1) is 0 Å². The topological polar surface area (TPSA) is 70.9 Å². The lowest BCUT2D eigenvalue weighted by Gasteiger charge is -2.10. The van der Waals surface area contributed by atoms with Crippen LogP contribution in [0.5, 0.6) is 11.5 Å². The molecule has 136 valence electrons. The Morgan fingerprint density at radius 2 is 2.00 bits per heavy atom. The van der Waals surface area contributed by atoms with Crippen molar-refractivity contribution >= 4 is 47.2 Å². The summed E-state index contributed by atoms with van der Waals surface area (Å²) in [7, 11) is 0. The normalized spacial score (nSPS) is 14.7.